The maximum Gasteiger partial charge on any atom is 0.253 e. The topological polar surface area (TPSA) is 55.1 Å². The lowest BCUT2D eigenvalue weighted by molar-refractivity contribution is 0.0948. The van der Waals surface area contributed by atoms with Gasteiger partial charge in [-0.1, -0.05) is 31.9 Å². The van der Waals surface area contributed by atoms with E-state index in [0.29, 0.717) is 23.7 Å². The molecule has 0 aliphatic rings. The molecule has 0 spiro atoms. The van der Waals surface area contributed by atoms with Gasteiger partial charge in [0.2, 0.25) is 0 Å². The Morgan fingerprint density at radius 3 is 2.81 bits per heavy atom. The summed E-state index contributed by atoms with van der Waals surface area (Å²) in [5.41, 5.74) is 7.92. The van der Waals surface area contributed by atoms with Gasteiger partial charge in [0.1, 0.15) is 0 Å². The lowest BCUT2D eigenvalue weighted by Gasteiger charge is -2.11. The van der Waals surface area contributed by atoms with Crippen LogP contribution in [0.1, 0.15) is 36.2 Å². The highest BCUT2D eigenvalue weighted by molar-refractivity contribution is 5.99. The van der Waals surface area contributed by atoms with Crippen molar-refractivity contribution in [1.82, 2.24) is 5.32 Å². The fraction of sp³-hybridized carbons (Fsp3) is 0.462. The minimum Gasteiger partial charge on any atom is -0.398 e. The van der Waals surface area contributed by atoms with Crippen LogP contribution in [0, 0.1) is 12.8 Å². The van der Waals surface area contributed by atoms with E-state index in [1.165, 1.54) is 0 Å². The van der Waals surface area contributed by atoms with Crippen LogP contribution in [-0.2, 0) is 0 Å². The van der Waals surface area contributed by atoms with Crippen molar-refractivity contribution in [1.29, 1.82) is 0 Å². The lowest BCUT2D eigenvalue weighted by atomic mass is 10.1. The van der Waals surface area contributed by atoms with E-state index in [-0.39, 0.29) is 5.91 Å². The van der Waals surface area contributed by atoms with Gasteiger partial charge in [-0.3, -0.25) is 4.79 Å². The largest absolute Gasteiger partial charge is 0.398 e. The zero-order valence-corrected chi connectivity index (χ0v) is 10.2. The van der Waals surface area contributed by atoms with E-state index >= 15 is 0 Å². The molecule has 1 unspecified atom stereocenters. The second kappa shape index (κ2) is 5.54. The molecular formula is C13H20N2O. The van der Waals surface area contributed by atoms with Gasteiger partial charge in [0.15, 0.2) is 0 Å². The number of nitrogens with one attached hydrogen (secondary N) is 1. The van der Waals surface area contributed by atoms with E-state index in [1.807, 2.05) is 19.1 Å². The molecule has 1 aromatic carbocycles. The molecule has 88 valence electrons. The second-order valence-corrected chi connectivity index (χ2v) is 4.31. The SMILES string of the molecule is CCC(C)CNC(=O)c1cc(C)ccc1N. The molecule has 0 aliphatic carbocycles. The van der Waals surface area contributed by atoms with Gasteiger partial charge in [-0.25, -0.2) is 0 Å². The molecule has 0 heterocycles. The standard InChI is InChI=1S/C13H20N2O/c1-4-9(2)8-15-13(16)11-7-10(3)5-6-12(11)14/h5-7,9H,4,8,14H2,1-3H3,(H,15,16). The quantitative estimate of drug-likeness (QED) is 0.765. The Labute approximate surface area is 97.0 Å². The van der Waals surface area contributed by atoms with Gasteiger partial charge < -0.3 is 11.1 Å². The minimum absolute atomic E-state index is 0.0819. The summed E-state index contributed by atoms with van der Waals surface area (Å²) in [5.74, 6) is 0.413. The molecule has 0 aliphatic heterocycles. The third-order valence-electron chi connectivity index (χ3n) is 2.76. The van der Waals surface area contributed by atoms with Gasteiger partial charge in [-0.05, 0) is 25.0 Å². The fourth-order valence-electron chi connectivity index (χ4n) is 1.37. The molecule has 0 fully saturated rings. The molecular weight excluding hydrogens is 200 g/mol. The average Bonchev–Trinajstić information content (AvgIpc) is 2.28. The molecule has 3 nitrogen and oxygen atoms in total. The highest BCUT2D eigenvalue weighted by atomic mass is 16.1. The number of amides is 1. The van der Waals surface area contributed by atoms with E-state index in [9.17, 15) is 4.79 Å². The molecule has 3 heteroatoms. The van der Waals surface area contributed by atoms with Crippen LogP contribution in [0.5, 0.6) is 0 Å². The number of aryl methyl sites for hydroxylation is 1. The first-order valence-corrected chi connectivity index (χ1v) is 5.69. The van der Waals surface area contributed by atoms with Crippen molar-refractivity contribution in [3.8, 4) is 0 Å². The number of nitrogens with two attached hydrogens (primary N) is 1. The van der Waals surface area contributed by atoms with Crippen LogP contribution in [0.2, 0.25) is 0 Å². The number of anilines is 1. The van der Waals surface area contributed by atoms with Crippen LogP contribution in [0.4, 0.5) is 5.69 Å². The Hall–Kier alpha value is -1.51. The first-order valence-electron chi connectivity index (χ1n) is 5.69. The molecule has 1 aromatic rings. The van der Waals surface area contributed by atoms with Gasteiger partial charge in [-0.2, -0.15) is 0 Å². The summed E-state index contributed by atoms with van der Waals surface area (Å²) in [7, 11) is 0. The van der Waals surface area contributed by atoms with Crippen LogP contribution < -0.4 is 11.1 Å². The number of benzene rings is 1. The van der Waals surface area contributed by atoms with Crippen LogP contribution >= 0.6 is 0 Å². The van der Waals surface area contributed by atoms with Crippen LogP contribution in [0.3, 0.4) is 0 Å². The van der Waals surface area contributed by atoms with Crippen LogP contribution in [-0.4, -0.2) is 12.5 Å². The molecule has 1 amide bonds. The highest BCUT2D eigenvalue weighted by Gasteiger charge is 2.10. The van der Waals surface area contributed by atoms with Crippen molar-refractivity contribution in [2.45, 2.75) is 27.2 Å². The van der Waals surface area contributed by atoms with Crippen molar-refractivity contribution in [2.24, 2.45) is 5.92 Å². The molecule has 0 radical (unpaired) electrons. The Morgan fingerprint density at radius 2 is 2.19 bits per heavy atom. The first-order chi connectivity index (χ1) is 7.54. The Kier molecular flexibility index (Phi) is 4.35. The highest BCUT2D eigenvalue weighted by Crippen LogP contribution is 2.13. The molecule has 1 atom stereocenters. The monoisotopic (exact) mass is 220 g/mol. The fourth-order valence-corrected chi connectivity index (χ4v) is 1.37. The summed E-state index contributed by atoms with van der Waals surface area (Å²) >= 11 is 0. The summed E-state index contributed by atoms with van der Waals surface area (Å²) in [4.78, 5) is 11.8. The summed E-state index contributed by atoms with van der Waals surface area (Å²) in [6, 6.07) is 5.50. The number of nitrogen functional groups attached to an aromatic ring is 1. The maximum atomic E-state index is 11.8. The predicted molar refractivity (Wildman–Crippen MR) is 67.4 cm³/mol. The summed E-state index contributed by atoms with van der Waals surface area (Å²) in [6.07, 6.45) is 1.06. The van der Waals surface area contributed by atoms with Gasteiger partial charge in [-0.15, -0.1) is 0 Å². The third-order valence-corrected chi connectivity index (χ3v) is 2.76. The van der Waals surface area contributed by atoms with E-state index in [4.69, 9.17) is 5.73 Å². The van der Waals surface area contributed by atoms with Crippen LogP contribution in [0.25, 0.3) is 0 Å². The number of hydrogen-bond acceptors (Lipinski definition) is 2. The molecule has 0 bridgehead atoms. The number of hydrogen-bond donors (Lipinski definition) is 2. The van der Waals surface area contributed by atoms with Gasteiger partial charge >= 0.3 is 0 Å². The Morgan fingerprint density at radius 1 is 1.50 bits per heavy atom. The first kappa shape index (κ1) is 12.6. The average molecular weight is 220 g/mol. The zero-order valence-electron chi connectivity index (χ0n) is 10.2. The van der Waals surface area contributed by atoms with Gasteiger partial charge in [0.25, 0.3) is 5.91 Å². The predicted octanol–water partition coefficient (Wildman–Crippen LogP) is 2.35. The van der Waals surface area contributed by atoms with Gasteiger partial charge in [0.05, 0.1) is 5.56 Å². The number of rotatable bonds is 4. The van der Waals surface area contributed by atoms with Crippen molar-refractivity contribution in [2.75, 3.05) is 12.3 Å². The van der Waals surface area contributed by atoms with E-state index in [1.54, 1.807) is 6.07 Å². The smallest absolute Gasteiger partial charge is 0.253 e. The van der Waals surface area contributed by atoms with Crippen LogP contribution in [0.15, 0.2) is 18.2 Å². The summed E-state index contributed by atoms with van der Waals surface area (Å²) < 4.78 is 0. The van der Waals surface area contributed by atoms with E-state index < -0.39 is 0 Å². The maximum absolute atomic E-state index is 11.8. The molecule has 0 saturated carbocycles. The van der Waals surface area contributed by atoms with Crippen molar-refractivity contribution in [3.05, 3.63) is 29.3 Å². The van der Waals surface area contributed by atoms with E-state index in [2.05, 4.69) is 19.2 Å². The molecule has 0 saturated heterocycles. The Balaban J connectivity index is 2.69. The zero-order chi connectivity index (χ0) is 12.1. The summed E-state index contributed by atoms with van der Waals surface area (Å²) in [6.45, 7) is 6.87. The Bertz CT molecular complexity index is 374. The van der Waals surface area contributed by atoms with Crippen molar-refractivity contribution >= 4 is 11.6 Å². The number of carbonyl (C=O) groups is 1. The second-order valence-electron chi connectivity index (χ2n) is 4.31. The number of carbonyl (C=O) groups excluding carboxylic acids is 1. The minimum atomic E-state index is -0.0819. The normalized spacial score (nSPS) is 12.2. The lowest BCUT2D eigenvalue weighted by Crippen LogP contribution is -2.28. The molecule has 16 heavy (non-hydrogen) atoms. The van der Waals surface area contributed by atoms with Crippen molar-refractivity contribution in [3.63, 3.8) is 0 Å². The molecule has 0 aromatic heterocycles. The van der Waals surface area contributed by atoms with E-state index in [0.717, 1.165) is 12.0 Å². The summed E-state index contributed by atoms with van der Waals surface area (Å²) in [5, 5.41) is 2.90. The third kappa shape index (κ3) is 3.26. The molecule has 3 N–H and O–H groups in total. The van der Waals surface area contributed by atoms with Crippen molar-refractivity contribution < 1.29 is 4.79 Å². The molecule has 1 rings (SSSR count). The van der Waals surface area contributed by atoms with Gasteiger partial charge in [0, 0.05) is 12.2 Å².